The molecule has 0 saturated heterocycles. The van der Waals surface area contributed by atoms with E-state index in [1.165, 1.54) is 24.3 Å². The smallest absolute Gasteiger partial charge is 0.416 e. The van der Waals surface area contributed by atoms with Crippen LogP contribution in [0.1, 0.15) is 11.1 Å². The molecule has 0 unspecified atom stereocenters. The summed E-state index contributed by atoms with van der Waals surface area (Å²) in [6.45, 7) is 3.64. The Morgan fingerprint density at radius 3 is 1.48 bits per heavy atom. The lowest BCUT2D eigenvalue weighted by atomic mass is 10.2. The van der Waals surface area contributed by atoms with E-state index in [2.05, 4.69) is 0 Å². The van der Waals surface area contributed by atoms with Crippen LogP contribution >= 0.6 is 7.60 Å². The molecule has 124 valence electrons. The van der Waals surface area contributed by atoms with Crippen LogP contribution in [0.15, 0.2) is 48.5 Å². The summed E-state index contributed by atoms with van der Waals surface area (Å²) in [6, 6.07) is 12.4. The first-order valence-electron chi connectivity index (χ1n) is 6.84. The van der Waals surface area contributed by atoms with E-state index in [-0.39, 0.29) is 11.5 Å². The fourth-order valence-electron chi connectivity index (χ4n) is 1.82. The molecule has 0 heterocycles. The van der Waals surface area contributed by atoms with Crippen molar-refractivity contribution in [3.05, 3.63) is 59.7 Å². The van der Waals surface area contributed by atoms with E-state index < -0.39 is 19.9 Å². The van der Waals surface area contributed by atoms with Gasteiger partial charge < -0.3 is 9.05 Å². The van der Waals surface area contributed by atoms with Gasteiger partial charge in [-0.3, -0.25) is 0 Å². The topological polar surface area (TPSA) is 35.5 Å². The summed E-state index contributed by atoms with van der Waals surface area (Å²) < 4.78 is 61.0. The van der Waals surface area contributed by atoms with Crippen molar-refractivity contribution >= 4 is 7.60 Å². The van der Waals surface area contributed by atoms with Crippen molar-refractivity contribution in [2.75, 3.05) is 6.16 Å². The van der Waals surface area contributed by atoms with Gasteiger partial charge in [-0.1, -0.05) is 35.4 Å². The predicted molar refractivity (Wildman–Crippen MR) is 82.1 cm³/mol. The van der Waals surface area contributed by atoms with Gasteiger partial charge in [0.05, 0.1) is 0 Å². The van der Waals surface area contributed by atoms with Gasteiger partial charge >= 0.3 is 13.8 Å². The molecule has 2 rings (SSSR count). The average molecular weight is 344 g/mol. The highest BCUT2D eigenvalue weighted by Gasteiger charge is 2.43. The first-order valence-corrected chi connectivity index (χ1v) is 8.56. The van der Waals surface area contributed by atoms with E-state index in [4.69, 9.17) is 9.05 Å². The summed E-state index contributed by atoms with van der Waals surface area (Å²) in [6.07, 6.45) is -6.34. The molecule has 3 nitrogen and oxygen atoms in total. The van der Waals surface area contributed by atoms with Crippen LogP contribution in [-0.2, 0) is 4.57 Å². The van der Waals surface area contributed by atoms with Crippen molar-refractivity contribution in [3.8, 4) is 11.5 Å². The van der Waals surface area contributed by atoms with Gasteiger partial charge in [0, 0.05) is 0 Å². The van der Waals surface area contributed by atoms with Crippen molar-refractivity contribution in [2.45, 2.75) is 20.0 Å². The highest BCUT2D eigenvalue weighted by molar-refractivity contribution is 7.54. The largest absolute Gasteiger partial charge is 0.439 e. The number of benzene rings is 2. The molecule has 23 heavy (non-hydrogen) atoms. The number of rotatable bonds is 5. The van der Waals surface area contributed by atoms with Crippen molar-refractivity contribution in [3.63, 3.8) is 0 Å². The van der Waals surface area contributed by atoms with Crippen LogP contribution in [0, 0.1) is 13.8 Å². The Morgan fingerprint density at radius 1 is 0.826 bits per heavy atom. The quantitative estimate of drug-likeness (QED) is 0.670. The maximum atomic E-state index is 12.8. The number of halogens is 3. The molecule has 0 bridgehead atoms. The molecule has 0 aromatic heterocycles. The predicted octanol–water partition coefficient (Wildman–Crippen LogP) is 5.52. The second-order valence-corrected chi connectivity index (χ2v) is 7.10. The molecule has 2 aromatic carbocycles. The van der Waals surface area contributed by atoms with E-state index >= 15 is 0 Å². The lowest BCUT2D eigenvalue weighted by Crippen LogP contribution is -2.19. The Balaban J connectivity index is 2.25. The number of aryl methyl sites for hydroxylation is 2. The van der Waals surface area contributed by atoms with E-state index in [1.807, 2.05) is 13.8 Å². The fraction of sp³-hybridized carbons (Fsp3) is 0.250. The lowest BCUT2D eigenvalue weighted by Gasteiger charge is -2.21. The first-order chi connectivity index (χ1) is 10.7. The zero-order valence-electron chi connectivity index (χ0n) is 12.6. The van der Waals surface area contributed by atoms with Crippen LogP contribution in [0.4, 0.5) is 13.2 Å². The maximum absolute atomic E-state index is 12.8. The standard InChI is InChI=1S/C16H16F3O3P/c1-12-3-7-14(8-4-12)21-23(20,11-16(17,18)19)22-15-9-5-13(2)6-10-15/h3-10H,11H2,1-2H3. The third-order valence-electron chi connectivity index (χ3n) is 2.90. The lowest BCUT2D eigenvalue weighted by molar-refractivity contribution is -0.108. The minimum Gasteiger partial charge on any atom is -0.416 e. The van der Waals surface area contributed by atoms with Gasteiger partial charge in [-0.2, -0.15) is 13.2 Å². The summed E-state index contributed by atoms with van der Waals surface area (Å²) >= 11 is 0. The maximum Gasteiger partial charge on any atom is 0.439 e. The number of hydrogen-bond acceptors (Lipinski definition) is 3. The van der Waals surface area contributed by atoms with Crippen LogP contribution in [0.25, 0.3) is 0 Å². The molecule has 0 fully saturated rings. The molecule has 0 amide bonds. The molecule has 7 heteroatoms. The molecule has 0 aliphatic heterocycles. The van der Waals surface area contributed by atoms with Crippen molar-refractivity contribution in [2.24, 2.45) is 0 Å². The Kier molecular flexibility index (Phi) is 5.05. The number of hydrogen-bond donors (Lipinski definition) is 0. The molecule has 0 N–H and O–H groups in total. The third-order valence-corrected chi connectivity index (χ3v) is 4.63. The van der Waals surface area contributed by atoms with Crippen molar-refractivity contribution in [1.82, 2.24) is 0 Å². The molecular weight excluding hydrogens is 328 g/mol. The van der Waals surface area contributed by atoms with Gasteiger partial charge in [-0.05, 0) is 38.1 Å². The molecule has 0 atom stereocenters. The van der Waals surface area contributed by atoms with Crippen LogP contribution < -0.4 is 9.05 Å². The fourth-order valence-corrected chi connectivity index (χ4v) is 3.31. The molecule has 0 aliphatic carbocycles. The van der Waals surface area contributed by atoms with Crippen LogP contribution in [0.5, 0.6) is 11.5 Å². The van der Waals surface area contributed by atoms with Gasteiger partial charge in [0.1, 0.15) is 11.5 Å². The van der Waals surface area contributed by atoms with Crippen LogP contribution in [-0.4, -0.2) is 12.3 Å². The van der Waals surface area contributed by atoms with Crippen LogP contribution in [0.2, 0.25) is 0 Å². The summed E-state index contributed by atoms with van der Waals surface area (Å²) in [5.41, 5.74) is 1.81. The average Bonchev–Trinajstić information content (AvgIpc) is 2.42. The second kappa shape index (κ2) is 6.67. The third kappa shape index (κ3) is 5.64. The SMILES string of the molecule is Cc1ccc(OP(=O)(CC(F)(F)F)Oc2ccc(C)cc2)cc1. The summed E-state index contributed by atoms with van der Waals surface area (Å²) in [5, 5.41) is 0. The summed E-state index contributed by atoms with van der Waals surface area (Å²) in [5.74, 6) is 0.130. The number of alkyl halides is 3. The van der Waals surface area contributed by atoms with E-state index in [0.29, 0.717) is 0 Å². The molecule has 0 radical (unpaired) electrons. The minimum absolute atomic E-state index is 0.0651. The van der Waals surface area contributed by atoms with E-state index in [1.54, 1.807) is 24.3 Å². The Bertz CT molecular complexity index is 643. The Morgan fingerprint density at radius 2 is 1.17 bits per heavy atom. The zero-order chi connectivity index (χ0) is 17.1. The van der Waals surface area contributed by atoms with Gasteiger partial charge in [-0.15, -0.1) is 0 Å². The summed E-state index contributed by atoms with van der Waals surface area (Å²) in [7, 11) is -4.44. The minimum atomic E-state index is -4.68. The van der Waals surface area contributed by atoms with Gasteiger partial charge in [0.25, 0.3) is 0 Å². The van der Waals surface area contributed by atoms with Crippen LogP contribution in [0.3, 0.4) is 0 Å². The molecule has 0 aliphatic rings. The Hall–Kier alpha value is -1.94. The zero-order valence-corrected chi connectivity index (χ0v) is 13.5. The summed E-state index contributed by atoms with van der Waals surface area (Å²) in [4.78, 5) is 0. The highest BCUT2D eigenvalue weighted by atomic mass is 31.2. The monoisotopic (exact) mass is 344 g/mol. The molecular formula is C16H16F3O3P. The molecule has 2 aromatic rings. The van der Waals surface area contributed by atoms with Gasteiger partial charge in [0.15, 0.2) is 6.16 Å². The Labute approximate surface area is 132 Å². The first kappa shape index (κ1) is 17.4. The van der Waals surface area contributed by atoms with E-state index in [9.17, 15) is 17.7 Å². The van der Waals surface area contributed by atoms with Crippen molar-refractivity contribution < 1.29 is 26.8 Å². The highest BCUT2D eigenvalue weighted by Crippen LogP contribution is 2.51. The molecule has 0 spiro atoms. The normalized spacial score (nSPS) is 12.0. The second-order valence-electron chi connectivity index (χ2n) is 5.19. The van der Waals surface area contributed by atoms with Crippen molar-refractivity contribution in [1.29, 1.82) is 0 Å². The van der Waals surface area contributed by atoms with Gasteiger partial charge in [-0.25, -0.2) is 4.57 Å². The van der Waals surface area contributed by atoms with E-state index in [0.717, 1.165) is 11.1 Å². The molecule has 0 saturated carbocycles. The van der Waals surface area contributed by atoms with Gasteiger partial charge in [0.2, 0.25) is 0 Å².